The second-order valence-corrected chi connectivity index (χ2v) is 10.2. The van der Waals surface area contributed by atoms with Gasteiger partial charge in [-0.15, -0.1) is 0 Å². The van der Waals surface area contributed by atoms with Gasteiger partial charge in [0.2, 0.25) is 11.8 Å². The van der Waals surface area contributed by atoms with E-state index in [1.54, 1.807) is 11.1 Å². The van der Waals surface area contributed by atoms with Crippen molar-refractivity contribution in [1.29, 1.82) is 0 Å². The van der Waals surface area contributed by atoms with Crippen LogP contribution in [0.4, 0.5) is 11.5 Å². The van der Waals surface area contributed by atoms with E-state index in [1.807, 2.05) is 35.2 Å². The van der Waals surface area contributed by atoms with E-state index in [-0.39, 0.29) is 11.8 Å². The van der Waals surface area contributed by atoms with Gasteiger partial charge in [-0.1, -0.05) is 24.6 Å². The van der Waals surface area contributed by atoms with Crippen molar-refractivity contribution in [2.24, 2.45) is 0 Å². The molecule has 4 aliphatic rings. The van der Waals surface area contributed by atoms with Crippen molar-refractivity contribution >= 4 is 23.3 Å². The SMILES string of the molecule is O=C(Cc1cccc2c1C1(CCNCC1)C(=O)N2c1ccccn1)N1CCN(C2CCC2)CC1. The van der Waals surface area contributed by atoms with Crippen LogP contribution in [-0.4, -0.2) is 71.9 Å². The second kappa shape index (κ2) is 8.78. The van der Waals surface area contributed by atoms with Gasteiger partial charge < -0.3 is 10.2 Å². The van der Waals surface area contributed by atoms with Crippen molar-refractivity contribution < 1.29 is 9.59 Å². The zero-order chi connectivity index (χ0) is 23.1. The summed E-state index contributed by atoms with van der Waals surface area (Å²) in [5, 5.41) is 3.41. The monoisotopic (exact) mass is 459 g/mol. The summed E-state index contributed by atoms with van der Waals surface area (Å²) in [4.78, 5) is 38.2. The second-order valence-electron chi connectivity index (χ2n) is 10.2. The largest absolute Gasteiger partial charge is 0.340 e. The van der Waals surface area contributed by atoms with Crippen LogP contribution in [0, 0.1) is 0 Å². The number of carbonyl (C=O) groups is 2. The standard InChI is InChI=1S/C27H33N5O2/c33-24(31-17-15-30(16-18-31)21-6-4-7-21)19-20-5-3-8-22-25(20)27(10-13-28-14-11-27)26(34)32(22)23-9-1-2-12-29-23/h1-3,5,8-9,12,21,28H,4,6-7,10-11,13-19H2. The Kier molecular flexibility index (Phi) is 5.62. The van der Waals surface area contributed by atoms with Gasteiger partial charge in [0.25, 0.3) is 0 Å². The molecule has 1 aliphatic carbocycles. The van der Waals surface area contributed by atoms with Crippen LogP contribution in [0.15, 0.2) is 42.6 Å². The van der Waals surface area contributed by atoms with Gasteiger partial charge in [-0.2, -0.15) is 0 Å². The number of nitrogens with zero attached hydrogens (tertiary/aromatic N) is 4. The van der Waals surface area contributed by atoms with Gasteiger partial charge >= 0.3 is 0 Å². The number of piperazine rings is 1. The number of hydrogen-bond acceptors (Lipinski definition) is 5. The molecule has 1 spiro atoms. The first-order valence-corrected chi connectivity index (χ1v) is 12.8. The lowest BCUT2D eigenvalue weighted by molar-refractivity contribution is -0.133. The Morgan fingerprint density at radius 2 is 1.82 bits per heavy atom. The normalized spacial score (nSPS) is 22.6. The van der Waals surface area contributed by atoms with E-state index in [1.165, 1.54) is 19.3 Å². The van der Waals surface area contributed by atoms with E-state index in [4.69, 9.17) is 0 Å². The minimum Gasteiger partial charge on any atom is -0.340 e. The van der Waals surface area contributed by atoms with Crippen LogP contribution in [0.3, 0.4) is 0 Å². The molecule has 178 valence electrons. The maximum absolute atomic E-state index is 14.0. The molecule has 3 fully saturated rings. The maximum atomic E-state index is 14.0. The van der Waals surface area contributed by atoms with Crippen molar-refractivity contribution in [3.05, 3.63) is 53.7 Å². The molecular weight excluding hydrogens is 426 g/mol. The summed E-state index contributed by atoms with van der Waals surface area (Å²) in [6.07, 6.45) is 7.52. The number of anilines is 2. The Balaban J connectivity index is 1.29. The van der Waals surface area contributed by atoms with Crippen molar-refractivity contribution in [1.82, 2.24) is 20.1 Å². The Bertz CT molecular complexity index is 1070. The molecule has 2 aromatic rings. The molecule has 2 saturated heterocycles. The summed E-state index contributed by atoms with van der Waals surface area (Å²) in [7, 11) is 0. The average Bonchev–Trinajstić information content (AvgIpc) is 3.07. The molecule has 4 heterocycles. The Labute approximate surface area is 201 Å². The molecule has 2 amide bonds. The van der Waals surface area contributed by atoms with E-state index in [2.05, 4.69) is 21.3 Å². The molecule has 34 heavy (non-hydrogen) atoms. The van der Waals surface area contributed by atoms with Gasteiger partial charge in [-0.05, 0) is 68.1 Å². The number of fused-ring (bicyclic) bond motifs is 2. The summed E-state index contributed by atoms with van der Waals surface area (Å²) in [6, 6.07) is 12.5. The van der Waals surface area contributed by atoms with Gasteiger partial charge in [0.15, 0.2) is 0 Å². The molecule has 1 aromatic heterocycles. The Morgan fingerprint density at radius 3 is 2.50 bits per heavy atom. The van der Waals surface area contributed by atoms with Crippen LogP contribution < -0.4 is 10.2 Å². The highest BCUT2D eigenvalue weighted by atomic mass is 16.2. The number of amides is 2. The summed E-state index contributed by atoms with van der Waals surface area (Å²) < 4.78 is 0. The number of piperidine rings is 1. The van der Waals surface area contributed by atoms with Crippen LogP contribution in [0.2, 0.25) is 0 Å². The lowest BCUT2D eigenvalue weighted by Crippen LogP contribution is -2.53. The number of aromatic nitrogens is 1. The molecule has 0 bridgehead atoms. The van der Waals surface area contributed by atoms with Gasteiger partial charge in [-0.3, -0.25) is 19.4 Å². The van der Waals surface area contributed by atoms with Crippen molar-refractivity contribution in [3.63, 3.8) is 0 Å². The summed E-state index contributed by atoms with van der Waals surface area (Å²) in [5.41, 5.74) is 2.36. The molecule has 0 radical (unpaired) electrons. The summed E-state index contributed by atoms with van der Waals surface area (Å²) >= 11 is 0. The van der Waals surface area contributed by atoms with Crippen LogP contribution in [0.1, 0.15) is 43.2 Å². The molecule has 6 rings (SSSR count). The van der Waals surface area contributed by atoms with E-state index in [9.17, 15) is 9.59 Å². The summed E-state index contributed by atoms with van der Waals surface area (Å²) in [6.45, 7) is 5.16. The molecule has 1 N–H and O–H groups in total. The van der Waals surface area contributed by atoms with E-state index in [0.29, 0.717) is 12.2 Å². The first-order valence-electron chi connectivity index (χ1n) is 12.8. The minimum absolute atomic E-state index is 0.0942. The molecule has 3 aliphatic heterocycles. The Hall–Kier alpha value is -2.77. The maximum Gasteiger partial charge on any atom is 0.243 e. The van der Waals surface area contributed by atoms with Crippen LogP contribution in [-0.2, 0) is 21.4 Å². The topological polar surface area (TPSA) is 68.8 Å². The highest BCUT2D eigenvalue weighted by Crippen LogP contribution is 2.51. The summed E-state index contributed by atoms with van der Waals surface area (Å²) in [5.74, 6) is 0.922. The fourth-order valence-electron chi connectivity index (χ4n) is 6.30. The average molecular weight is 460 g/mol. The highest BCUT2D eigenvalue weighted by molar-refractivity contribution is 6.13. The van der Waals surface area contributed by atoms with Gasteiger partial charge in [0, 0.05) is 38.4 Å². The first-order chi connectivity index (χ1) is 16.7. The van der Waals surface area contributed by atoms with Crippen molar-refractivity contribution in [2.45, 2.75) is 50.0 Å². The molecule has 1 aromatic carbocycles. The fraction of sp³-hybridized carbons (Fsp3) is 0.519. The third-order valence-electron chi connectivity index (χ3n) is 8.40. The van der Waals surface area contributed by atoms with Gasteiger partial charge in [0.05, 0.1) is 17.5 Å². The third-order valence-corrected chi connectivity index (χ3v) is 8.40. The van der Waals surface area contributed by atoms with Crippen LogP contribution in [0.25, 0.3) is 0 Å². The van der Waals surface area contributed by atoms with Crippen LogP contribution >= 0.6 is 0 Å². The predicted molar refractivity (Wildman–Crippen MR) is 131 cm³/mol. The minimum atomic E-state index is -0.585. The number of benzene rings is 1. The fourth-order valence-corrected chi connectivity index (χ4v) is 6.30. The third kappa shape index (κ3) is 3.53. The van der Waals surface area contributed by atoms with Gasteiger partial charge in [-0.25, -0.2) is 4.98 Å². The molecule has 7 heteroatoms. The van der Waals surface area contributed by atoms with Crippen molar-refractivity contribution in [3.8, 4) is 0 Å². The molecule has 1 saturated carbocycles. The lowest BCUT2D eigenvalue weighted by Gasteiger charge is -2.43. The molecule has 0 unspecified atom stereocenters. The number of nitrogens with one attached hydrogen (secondary N) is 1. The van der Waals surface area contributed by atoms with Gasteiger partial charge in [0.1, 0.15) is 5.82 Å². The zero-order valence-electron chi connectivity index (χ0n) is 19.7. The smallest absolute Gasteiger partial charge is 0.243 e. The quantitative estimate of drug-likeness (QED) is 0.761. The predicted octanol–water partition coefficient (Wildman–Crippen LogP) is 2.62. The molecular formula is C27H33N5O2. The number of pyridine rings is 1. The molecule has 7 nitrogen and oxygen atoms in total. The van der Waals surface area contributed by atoms with Crippen LogP contribution in [0.5, 0.6) is 0 Å². The van der Waals surface area contributed by atoms with Crippen molar-refractivity contribution in [2.75, 3.05) is 44.2 Å². The lowest BCUT2D eigenvalue weighted by atomic mass is 9.72. The number of carbonyl (C=O) groups excluding carboxylic acids is 2. The molecule has 0 atom stereocenters. The highest BCUT2D eigenvalue weighted by Gasteiger charge is 2.53. The van der Waals surface area contributed by atoms with E-state index >= 15 is 0 Å². The van der Waals surface area contributed by atoms with E-state index in [0.717, 1.165) is 75.0 Å². The first kappa shape index (κ1) is 21.7. The number of rotatable bonds is 4. The number of hydrogen-bond donors (Lipinski definition) is 1. The van der Waals surface area contributed by atoms with E-state index < -0.39 is 5.41 Å². The zero-order valence-corrected chi connectivity index (χ0v) is 19.7. The Morgan fingerprint density at radius 1 is 1.03 bits per heavy atom.